The summed E-state index contributed by atoms with van der Waals surface area (Å²) in [5, 5.41) is 0. The van der Waals surface area contributed by atoms with Gasteiger partial charge in [-0.3, -0.25) is 0 Å². The minimum Gasteiger partial charge on any atom is -0.0939 e. The summed E-state index contributed by atoms with van der Waals surface area (Å²) in [6.45, 7) is 8.34. The van der Waals surface area contributed by atoms with Crippen LogP contribution in [0.2, 0.25) is 0 Å². The second kappa shape index (κ2) is 3.08. The first kappa shape index (κ1) is 8.64. The minimum absolute atomic E-state index is 1.13. The van der Waals surface area contributed by atoms with Crippen molar-refractivity contribution in [3.63, 3.8) is 0 Å². The molecule has 0 nitrogen and oxygen atoms in total. The summed E-state index contributed by atoms with van der Waals surface area (Å²) in [7, 11) is 0. The highest BCUT2D eigenvalue weighted by Gasteiger charge is 2.13. The summed E-state index contributed by atoms with van der Waals surface area (Å²) in [5.74, 6) is 0. The van der Waals surface area contributed by atoms with Gasteiger partial charge in [0.2, 0.25) is 0 Å². The lowest BCUT2D eigenvalue weighted by Gasteiger charge is -2.17. The average molecular weight is 188 g/mol. The molecule has 0 saturated heterocycles. The molecule has 1 aromatic carbocycles. The first-order valence-electron chi connectivity index (χ1n) is 4.33. The molecule has 0 radical (unpaired) electrons. The second-order valence-electron chi connectivity index (χ2n) is 3.33. The predicted molar refractivity (Wildman–Crippen MR) is 59.8 cm³/mol. The molecule has 0 atom stereocenters. The fourth-order valence-electron chi connectivity index (χ4n) is 1.55. The monoisotopic (exact) mass is 188 g/mol. The molecule has 13 heavy (non-hydrogen) atoms. The Balaban J connectivity index is 2.62. The molecule has 0 bridgehead atoms. The van der Waals surface area contributed by atoms with E-state index in [1.165, 1.54) is 20.9 Å². The average Bonchev–Trinajstić information content (AvgIpc) is 2.07. The molecule has 1 heterocycles. The first-order valence-corrected chi connectivity index (χ1v) is 5.15. The molecular weight excluding hydrogens is 176 g/mol. The Hall–Kier alpha value is -0.950. The molecule has 0 N–H and O–H groups in total. The van der Waals surface area contributed by atoms with Crippen LogP contribution in [0.3, 0.4) is 0 Å². The zero-order valence-electron chi connectivity index (χ0n) is 7.92. The zero-order valence-corrected chi connectivity index (χ0v) is 8.74. The highest BCUT2D eigenvalue weighted by atomic mass is 32.2. The van der Waals surface area contributed by atoms with Crippen LogP contribution in [0.5, 0.6) is 0 Å². The van der Waals surface area contributed by atoms with Crippen molar-refractivity contribution in [1.82, 2.24) is 0 Å². The highest BCUT2D eigenvalue weighted by molar-refractivity contribution is 8.03. The van der Waals surface area contributed by atoms with Gasteiger partial charge in [0.15, 0.2) is 0 Å². The summed E-state index contributed by atoms with van der Waals surface area (Å²) in [6.07, 6.45) is 2.15. The van der Waals surface area contributed by atoms with Gasteiger partial charge in [-0.1, -0.05) is 36.5 Å². The van der Waals surface area contributed by atoms with Crippen LogP contribution in [0.25, 0.3) is 5.57 Å². The maximum atomic E-state index is 4.06. The fraction of sp³-hybridized carbons (Fsp3) is 0.167. The van der Waals surface area contributed by atoms with Crippen LogP contribution in [0, 0.1) is 6.92 Å². The summed E-state index contributed by atoms with van der Waals surface area (Å²) in [5.41, 5.74) is 3.77. The molecule has 0 amide bonds. The van der Waals surface area contributed by atoms with Crippen LogP contribution in [0.4, 0.5) is 0 Å². The summed E-state index contributed by atoms with van der Waals surface area (Å²) < 4.78 is 0. The van der Waals surface area contributed by atoms with Crippen molar-refractivity contribution < 1.29 is 0 Å². The molecule has 1 aliphatic heterocycles. The van der Waals surface area contributed by atoms with E-state index in [0.29, 0.717) is 0 Å². The molecule has 1 aliphatic rings. The largest absolute Gasteiger partial charge is 0.0939 e. The highest BCUT2D eigenvalue weighted by Crippen LogP contribution is 2.40. The van der Waals surface area contributed by atoms with Crippen LogP contribution in [-0.4, -0.2) is 0 Å². The van der Waals surface area contributed by atoms with Crippen molar-refractivity contribution in [3.8, 4) is 0 Å². The fourth-order valence-corrected chi connectivity index (χ4v) is 2.62. The summed E-state index contributed by atoms with van der Waals surface area (Å²) >= 11 is 1.84. The van der Waals surface area contributed by atoms with Crippen molar-refractivity contribution in [3.05, 3.63) is 46.9 Å². The van der Waals surface area contributed by atoms with Crippen molar-refractivity contribution >= 4 is 17.3 Å². The standard InChI is InChI=1S/C12H12S/c1-8-5-4-6-11-9(2)7-10(3)13-12(8)11/h4-7H,2H2,1,3H3. The molecular formula is C12H12S. The van der Waals surface area contributed by atoms with Gasteiger partial charge in [0.05, 0.1) is 0 Å². The van der Waals surface area contributed by atoms with Crippen molar-refractivity contribution in [2.24, 2.45) is 0 Å². The molecule has 66 valence electrons. The van der Waals surface area contributed by atoms with E-state index in [0.717, 1.165) is 5.57 Å². The van der Waals surface area contributed by atoms with Crippen molar-refractivity contribution in [2.45, 2.75) is 18.7 Å². The van der Waals surface area contributed by atoms with Crippen LogP contribution in [0.15, 0.2) is 40.7 Å². The topological polar surface area (TPSA) is 0 Å². The van der Waals surface area contributed by atoms with Gasteiger partial charge < -0.3 is 0 Å². The number of thioether (sulfide) groups is 1. The van der Waals surface area contributed by atoms with E-state index in [2.05, 4.69) is 44.7 Å². The van der Waals surface area contributed by atoms with Crippen LogP contribution < -0.4 is 0 Å². The van der Waals surface area contributed by atoms with Crippen LogP contribution in [-0.2, 0) is 0 Å². The van der Waals surface area contributed by atoms with Gasteiger partial charge in [-0.15, -0.1) is 0 Å². The van der Waals surface area contributed by atoms with E-state index in [9.17, 15) is 0 Å². The molecule has 0 unspecified atom stereocenters. The Morgan fingerprint density at radius 1 is 1.23 bits per heavy atom. The molecule has 0 aromatic heterocycles. The van der Waals surface area contributed by atoms with Gasteiger partial charge >= 0.3 is 0 Å². The lowest BCUT2D eigenvalue weighted by atomic mass is 10.0. The number of benzene rings is 1. The van der Waals surface area contributed by atoms with Gasteiger partial charge in [0.1, 0.15) is 0 Å². The lowest BCUT2D eigenvalue weighted by molar-refractivity contribution is 1.27. The second-order valence-corrected chi connectivity index (χ2v) is 4.59. The summed E-state index contributed by atoms with van der Waals surface area (Å²) in [4.78, 5) is 2.69. The molecule has 0 saturated carbocycles. The third-order valence-corrected chi connectivity index (χ3v) is 3.38. The number of hydrogen-bond donors (Lipinski definition) is 0. The maximum Gasteiger partial charge on any atom is 0.0226 e. The normalized spacial score (nSPS) is 15.2. The Morgan fingerprint density at radius 2 is 2.00 bits per heavy atom. The molecule has 0 aliphatic carbocycles. The molecule has 1 heteroatoms. The van der Waals surface area contributed by atoms with Gasteiger partial charge in [0, 0.05) is 4.90 Å². The van der Waals surface area contributed by atoms with E-state index < -0.39 is 0 Å². The number of allylic oxidation sites excluding steroid dienone is 3. The van der Waals surface area contributed by atoms with Gasteiger partial charge in [-0.25, -0.2) is 0 Å². The Morgan fingerprint density at radius 3 is 2.77 bits per heavy atom. The van der Waals surface area contributed by atoms with Crippen LogP contribution >= 0.6 is 11.8 Å². The third kappa shape index (κ3) is 1.44. The molecule has 0 fully saturated rings. The molecule has 1 aromatic rings. The lowest BCUT2D eigenvalue weighted by Crippen LogP contribution is -1.93. The van der Waals surface area contributed by atoms with Gasteiger partial charge in [0.25, 0.3) is 0 Å². The van der Waals surface area contributed by atoms with E-state index in [-0.39, 0.29) is 0 Å². The Kier molecular flexibility index (Phi) is 2.04. The zero-order chi connectivity index (χ0) is 9.42. The van der Waals surface area contributed by atoms with E-state index in [4.69, 9.17) is 0 Å². The summed E-state index contributed by atoms with van der Waals surface area (Å²) in [6, 6.07) is 6.38. The number of hydrogen-bond acceptors (Lipinski definition) is 1. The van der Waals surface area contributed by atoms with Crippen molar-refractivity contribution in [1.29, 1.82) is 0 Å². The quantitative estimate of drug-likeness (QED) is 0.592. The molecule has 2 rings (SSSR count). The first-order chi connectivity index (χ1) is 6.18. The Labute approximate surface area is 83.4 Å². The molecule has 0 spiro atoms. The van der Waals surface area contributed by atoms with E-state index >= 15 is 0 Å². The van der Waals surface area contributed by atoms with Gasteiger partial charge in [-0.2, -0.15) is 0 Å². The van der Waals surface area contributed by atoms with E-state index in [1.807, 2.05) is 11.8 Å². The van der Waals surface area contributed by atoms with Crippen molar-refractivity contribution in [2.75, 3.05) is 0 Å². The number of fused-ring (bicyclic) bond motifs is 1. The SMILES string of the molecule is C=C1C=C(C)Sc2c(C)cccc21. The van der Waals surface area contributed by atoms with Gasteiger partial charge in [-0.05, 0) is 41.5 Å². The maximum absolute atomic E-state index is 4.06. The van der Waals surface area contributed by atoms with Crippen LogP contribution in [0.1, 0.15) is 18.1 Å². The smallest absolute Gasteiger partial charge is 0.0226 e. The minimum atomic E-state index is 1.13. The predicted octanol–water partition coefficient (Wildman–Crippen LogP) is 4.02. The third-order valence-electron chi connectivity index (χ3n) is 2.20. The Bertz CT molecular complexity index is 400. The number of rotatable bonds is 0. The number of aryl methyl sites for hydroxylation is 1. The van der Waals surface area contributed by atoms with E-state index in [1.54, 1.807) is 0 Å².